The van der Waals surface area contributed by atoms with Crippen molar-refractivity contribution in [2.45, 2.75) is 122 Å². The quantitative estimate of drug-likeness (QED) is 0.148. The molecule has 0 aromatic heterocycles. The van der Waals surface area contributed by atoms with E-state index in [1.807, 2.05) is 30.3 Å². The summed E-state index contributed by atoms with van der Waals surface area (Å²) in [6, 6.07) is 9.94. The summed E-state index contributed by atoms with van der Waals surface area (Å²) in [5.41, 5.74) is 1.38. The van der Waals surface area contributed by atoms with Crippen molar-refractivity contribution in [1.82, 2.24) is 0 Å². The van der Waals surface area contributed by atoms with Crippen molar-refractivity contribution in [2.75, 3.05) is 0 Å². The van der Waals surface area contributed by atoms with E-state index in [4.69, 9.17) is 9.16 Å². The molecule has 0 spiro atoms. The summed E-state index contributed by atoms with van der Waals surface area (Å²) in [5, 5.41) is 20.2. The highest BCUT2D eigenvalue weighted by Gasteiger charge is 2.40. The highest BCUT2D eigenvalue weighted by molar-refractivity contribution is 6.74. The molecule has 0 saturated heterocycles. The van der Waals surface area contributed by atoms with Crippen molar-refractivity contribution >= 4 is 14.3 Å². The van der Waals surface area contributed by atoms with Gasteiger partial charge in [-0.15, -0.1) is 0 Å². The number of hydrogen-bond donors (Lipinski definition) is 2. The Morgan fingerprint density at radius 2 is 1.77 bits per heavy atom. The van der Waals surface area contributed by atoms with Crippen LogP contribution in [-0.4, -0.2) is 42.8 Å². The first-order chi connectivity index (χ1) is 16.4. The number of para-hydroxylation sites is 1. The molecule has 0 amide bonds. The Hall–Kier alpha value is -1.63. The number of aliphatic hydroxyl groups is 1. The minimum absolute atomic E-state index is 0.00644. The number of carbonyl (C=O) groups is 1. The number of hydrogen-bond acceptors (Lipinski definition) is 4. The van der Waals surface area contributed by atoms with Crippen LogP contribution in [0.1, 0.15) is 85.5 Å². The Kier molecular flexibility index (Phi) is 11.5. The van der Waals surface area contributed by atoms with Gasteiger partial charge in [0.1, 0.15) is 11.9 Å². The van der Waals surface area contributed by atoms with E-state index in [1.165, 1.54) is 5.57 Å². The van der Waals surface area contributed by atoms with Gasteiger partial charge in [-0.05, 0) is 75.7 Å². The second-order valence-corrected chi connectivity index (χ2v) is 16.4. The van der Waals surface area contributed by atoms with Gasteiger partial charge >= 0.3 is 5.97 Å². The molecule has 35 heavy (non-hydrogen) atoms. The predicted octanol–water partition coefficient (Wildman–Crippen LogP) is 7.36. The molecule has 4 atom stereocenters. The van der Waals surface area contributed by atoms with E-state index >= 15 is 0 Å². The first-order valence-electron chi connectivity index (χ1n) is 13.4. The van der Waals surface area contributed by atoms with Gasteiger partial charge in [-0.1, -0.05) is 69.9 Å². The molecule has 0 radical (unpaired) electrons. The van der Waals surface area contributed by atoms with Crippen LogP contribution in [0, 0.1) is 5.92 Å². The summed E-state index contributed by atoms with van der Waals surface area (Å²) >= 11 is 0. The highest BCUT2D eigenvalue weighted by Crippen LogP contribution is 2.38. The van der Waals surface area contributed by atoms with Crippen LogP contribution >= 0.6 is 0 Å². The molecule has 198 valence electrons. The van der Waals surface area contributed by atoms with Crippen LogP contribution in [0.15, 0.2) is 42.0 Å². The fourth-order valence-corrected chi connectivity index (χ4v) is 5.80. The average Bonchev–Trinajstić information content (AvgIpc) is 3.11. The number of aliphatic hydroxyl groups excluding tert-OH is 1. The third-order valence-corrected chi connectivity index (χ3v) is 12.2. The Labute approximate surface area is 214 Å². The van der Waals surface area contributed by atoms with Crippen LogP contribution < -0.4 is 4.74 Å². The van der Waals surface area contributed by atoms with Crippen molar-refractivity contribution < 1.29 is 24.2 Å². The lowest BCUT2D eigenvalue weighted by molar-refractivity contribution is -0.146. The second-order valence-electron chi connectivity index (χ2n) is 11.7. The molecule has 1 aromatic rings. The van der Waals surface area contributed by atoms with Crippen LogP contribution in [0.5, 0.6) is 5.75 Å². The van der Waals surface area contributed by atoms with Gasteiger partial charge in [0.2, 0.25) is 0 Å². The fraction of sp³-hybridized carbons (Fsp3) is 0.690. The third kappa shape index (κ3) is 9.74. The maximum absolute atomic E-state index is 11.8. The summed E-state index contributed by atoms with van der Waals surface area (Å²) in [4.78, 5) is 11.8. The van der Waals surface area contributed by atoms with Crippen molar-refractivity contribution in [1.29, 1.82) is 0 Å². The zero-order chi connectivity index (χ0) is 26.1. The van der Waals surface area contributed by atoms with Gasteiger partial charge in [-0.2, -0.15) is 0 Å². The first kappa shape index (κ1) is 29.6. The summed E-state index contributed by atoms with van der Waals surface area (Å²) in [6.07, 6.45) is 9.49. The van der Waals surface area contributed by atoms with Gasteiger partial charge in [0.25, 0.3) is 0 Å². The van der Waals surface area contributed by atoms with Gasteiger partial charge in [0.05, 0.1) is 12.2 Å². The number of aliphatic carboxylic acids is 1. The molecule has 1 aromatic carbocycles. The van der Waals surface area contributed by atoms with Crippen LogP contribution in [-0.2, 0) is 9.22 Å². The van der Waals surface area contributed by atoms with E-state index in [0.717, 1.165) is 57.1 Å². The third-order valence-electron chi connectivity index (χ3n) is 7.72. The molecule has 5 nitrogen and oxygen atoms in total. The number of benzene rings is 1. The Bertz CT molecular complexity index is 799. The molecule has 0 bridgehead atoms. The SMILES string of the molecule is CC(CCCC1=CC[C@H](O)[C@@H]1CCCCCC(O[Si](C)(C)C(C)(C)C)C(=O)O)Oc1ccccc1. The summed E-state index contributed by atoms with van der Waals surface area (Å²) < 4.78 is 12.1. The van der Waals surface area contributed by atoms with E-state index in [-0.39, 0.29) is 23.2 Å². The molecule has 0 fully saturated rings. The number of carboxylic acid groups (broad SMARTS) is 1. The zero-order valence-electron chi connectivity index (χ0n) is 22.8. The van der Waals surface area contributed by atoms with Gasteiger partial charge in [0, 0.05) is 5.92 Å². The summed E-state index contributed by atoms with van der Waals surface area (Å²) in [5.74, 6) is 0.295. The molecule has 2 rings (SSSR count). The molecule has 6 heteroatoms. The molecular weight excluding hydrogens is 456 g/mol. The zero-order valence-corrected chi connectivity index (χ0v) is 23.8. The minimum Gasteiger partial charge on any atom is -0.491 e. The molecule has 1 aliphatic carbocycles. The molecular formula is C29H48O5Si. The van der Waals surface area contributed by atoms with Gasteiger partial charge in [0.15, 0.2) is 8.32 Å². The monoisotopic (exact) mass is 504 g/mol. The van der Waals surface area contributed by atoms with E-state index in [9.17, 15) is 15.0 Å². The normalized spacial score (nSPS) is 20.4. The lowest BCUT2D eigenvalue weighted by Crippen LogP contribution is -2.46. The number of ether oxygens (including phenoxy) is 1. The topological polar surface area (TPSA) is 76.0 Å². The maximum Gasteiger partial charge on any atom is 0.331 e. The lowest BCUT2D eigenvalue weighted by Gasteiger charge is -2.38. The van der Waals surface area contributed by atoms with Crippen molar-refractivity contribution in [3.63, 3.8) is 0 Å². The van der Waals surface area contributed by atoms with Gasteiger partial charge in [-0.3, -0.25) is 0 Å². The highest BCUT2D eigenvalue weighted by atomic mass is 28.4. The van der Waals surface area contributed by atoms with Crippen LogP contribution in [0.3, 0.4) is 0 Å². The van der Waals surface area contributed by atoms with E-state index < -0.39 is 20.4 Å². The fourth-order valence-electron chi connectivity index (χ4n) is 4.52. The maximum atomic E-state index is 11.8. The Morgan fingerprint density at radius 1 is 1.09 bits per heavy atom. The van der Waals surface area contributed by atoms with Crippen LogP contribution in [0.2, 0.25) is 18.1 Å². The van der Waals surface area contributed by atoms with E-state index in [1.54, 1.807) is 0 Å². The standard InChI is InChI=1S/C29H48O5Si/c1-22(33-24-16-9-7-10-17-24)14-13-15-23-20-21-26(30)25(23)18-11-8-12-19-27(28(31)32)34-35(5,6)29(2,3)4/h7,9-10,16-17,20,22,25-27,30H,8,11-15,18-19,21H2,1-6H3,(H,31,32)/t22?,25-,26+,27?/m1/s1. The van der Waals surface area contributed by atoms with Crippen molar-refractivity contribution in [3.8, 4) is 5.75 Å². The molecule has 0 aliphatic heterocycles. The van der Waals surface area contributed by atoms with Crippen molar-refractivity contribution in [3.05, 3.63) is 42.0 Å². The largest absolute Gasteiger partial charge is 0.491 e. The average molecular weight is 505 g/mol. The number of rotatable bonds is 15. The van der Waals surface area contributed by atoms with Crippen molar-refractivity contribution in [2.24, 2.45) is 5.92 Å². The molecule has 1 aliphatic rings. The molecule has 0 saturated carbocycles. The van der Waals surface area contributed by atoms with E-state index in [0.29, 0.717) is 6.42 Å². The lowest BCUT2D eigenvalue weighted by atomic mass is 9.89. The smallest absolute Gasteiger partial charge is 0.331 e. The molecule has 0 heterocycles. The van der Waals surface area contributed by atoms with Crippen LogP contribution in [0.4, 0.5) is 0 Å². The Balaban J connectivity index is 1.70. The second kappa shape index (κ2) is 13.6. The van der Waals surface area contributed by atoms with Gasteiger partial charge < -0.3 is 19.4 Å². The number of unbranched alkanes of at least 4 members (excludes halogenated alkanes) is 2. The van der Waals surface area contributed by atoms with Crippen LogP contribution in [0.25, 0.3) is 0 Å². The van der Waals surface area contributed by atoms with E-state index in [2.05, 4.69) is 46.9 Å². The first-order valence-corrected chi connectivity index (χ1v) is 16.3. The predicted molar refractivity (Wildman–Crippen MR) is 145 cm³/mol. The molecule has 2 unspecified atom stereocenters. The summed E-state index contributed by atoms with van der Waals surface area (Å²) in [6.45, 7) is 12.7. The minimum atomic E-state index is -2.11. The molecule has 2 N–H and O–H groups in total. The van der Waals surface area contributed by atoms with Gasteiger partial charge in [-0.25, -0.2) is 4.79 Å². The number of carboxylic acids is 1. The summed E-state index contributed by atoms with van der Waals surface area (Å²) in [7, 11) is -2.11. The Morgan fingerprint density at radius 3 is 2.40 bits per heavy atom.